The SMILES string of the molecule is CCCC(CNC(=O)Nc1cc(Cl)ccc1Cl)C(=O)O. The van der Waals surface area contributed by atoms with Crippen molar-refractivity contribution in [2.24, 2.45) is 5.92 Å². The minimum Gasteiger partial charge on any atom is -0.481 e. The van der Waals surface area contributed by atoms with Gasteiger partial charge in [-0.1, -0.05) is 36.5 Å². The van der Waals surface area contributed by atoms with E-state index in [2.05, 4.69) is 10.6 Å². The normalized spacial score (nSPS) is 11.8. The Bertz CT molecular complexity index is 495. The van der Waals surface area contributed by atoms with Crippen molar-refractivity contribution in [3.63, 3.8) is 0 Å². The number of nitrogens with one attached hydrogen (secondary N) is 2. The molecule has 1 aromatic carbocycles. The van der Waals surface area contributed by atoms with Gasteiger partial charge in [0.2, 0.25) is 0 Å². The highest BCUT2D eigenvalue weighted by atomic mass is 35.5. The van der Waals surface area contributed by atoms with Crippen LogP contribution in [-0.2, 0) is 4.79 Å². The van der Waals surface area contributed by atoms with E-state index in [-0.39, 0.29) is 6.54 Å². The second kappa shape index (κ2) is 7.97. The van der Waals surface area contributed by atoms with Crippen molar-refractivity contribution in [2.45, 2.75) is 19.8 Å². The molecule has 2 amide bonds. The summed E-state index contributed by atoms with van der Waals surface area (Å²) >= 11 is 11.7. The lowest BCUT2D eigenvalue weighted by Crippen LogP contribution is -2.35. The van der Waals surface area contributed by atoms with Gasteiger partial charge in [-0.25, -0.2) is 4.79 Å². The largest absolute Gasteiger partial charge is 0.481 e. The summed E-state index contributed by atoms with van der Waals surface area (Å²) in [4.78, 5) is 22.6. The van der Waals surface area contributed by atoms with Gasteiger partial charge in [0, 0.05) is 11.6 Å². The number of benzene rings is 1. The van der Waals surface area contributed by atoms with Crippen LogP contribution in [0.3, 0.4) is 0 Å². The lowest BCUT2D eigenvalue weighted by molar-refractivity contribution is -0.141. The van der Waals surface area contributed by atoms with Crippen LogP contribution in [0.5, 0.6) is 0 Å². The Morgan fingerprint density at radius 2 is 2.05 bits per heavy atom. The minimum absolute atomic E-state index is 0.0627. The van der Waals surface area contributed by atoms with Crippen LogP contribution >= 0.6 is 23.2 Å². The van der Waals surface area contributed by atoms with Crippen LogP contribution in [0.25, 0.3) is 0 Å². The number of anilines is 1. The van der Waals surface area contributed by atoms with Gasteiger partial charge in [-0.2, -0.15) is 0 Å². The second-order valence-corrected chi connectivity index (χ2v) is 5.13. The van der Waals surface area contributed by atoms with E-state index in [0.29, 0.717) is 22.2 Å². The van der Waals surface area contributed by atoms with E-state index >= 15 is 0 Å². The monoisotopic (exact) mass is 318 g/mol. The molecule has 0 fully saturated rings. The first-order valence-electron chi connectivity index (χ1n) is 6.16. The molecule has 110 valence electrons. The summed E-state index contributed by atoms with van der Waals surface area (Å²) in [5.41, 5.74) is 0.374. The molecule has 5 nitrogen and oxygen atoms in total. The lowest BCUT2D eigenvalue weighted by Gasteiger charge is -2.13. The smallest absolute Gasteiger partial charge is 0.319 e. The third kappa shape index (κ3) is 5.27. The average molecular weight is 319 g/mol. The molecule has 0 aliphatic carbocycles. The Morgan fingerprint density at radius 1 is 1.35 bits per heavy atom. The van der Waals surface area contributed by atoms with Gasteiger partial charge in [0.1, 0.15) is 0 Å². The second-order valence-electron chi connectivity index (χ2n) is 4.28. The molecule has 0 aromatic heterocycles. The van der Waals surface area contributed by atoms with E-state index in [1.165, 1.54) is 6.07 Å². The van der Waals surface area contributed by atoms with Crippen molar-refractivity contribution in [3.05, 3.63) is 28.2 Å². The first-order chi connectivity index (χ1) is 9.43. The van der Waals surface area contributed by atoms with Gasteiger partial charge in [-0.3, -0.25) is 4.79 Å². The number of urea groups is 1. The fourth-order valence-corrected chi connectivity index (χ4v) is 1.97. The van der Waals surface area contributed by atoms with Crippen LogP contribution in [-0.4, -0.2) is 23.7 Å². The quantitative estimate of drug-likeness (QED) is 0.749. The molecule has 20 heavy (non-hydrogen) atoms. The summed E-state index contributed by atoms with van der Waals surface area (Å²) in [5, 5.41) is 14.8. The van der Waals surface area contributed by atoms with Gasteiger partial charge in [0.15, 0.2) is 0 Å². The number of carboxylic acid groups (broad SMARTS) is 1. The molecular weight excluding hydrogens is 303 g/mol. The maximum Gasteiger partial charge on any atom is 0.319 e. The number of halogens is 2. The van der Waals surface area contributed by atoms with Crippen LogP contribution in [0.4, 0.5) is 10.5 Å². The zero-order valence-corrected chi connectivity index (χ0v) is 12.5. The van der Waals surface area contributed by atoms with Gasteiger partial charge in [-0.15, -0.1) is 0 Å². The predicted octanol–water partition coefficient (Wildman–Crippen LogP) is 3.62. The summed E-state index contributed by atoms with van der Waals surface area (Å²) in [6.45, 7) is 1.95. The van der Waals surface area contributed by atoms with Crippen LogP contribution in [0.1, 0.15) is 19.8 Å². The maximum atomic E-state index is 11.7. The summed E-state index contributed by atoms with van der Waals surface area (Å²) < 4.78 is 0. The average Bonchev–Trinajstić information content (AvgIpc) is 2.38. The molecule has 0 heterocycles. The van der Waals surface area contributed by atoms with Crippen molar-refractivity contribution in [1.82, 2.24) is 5.32 Å². The van der Waals surface area contributed by atoms with Gasteiger partial charge >= 0.3 is 12.0 Å². The molecule has 1 atom stereocenters. The molecule has 0 saturated heterocycles. The van der Waals surface area contributed by atoms with Gasteiger partial charge in [-0.05, 0) is 24.6 Å². The van der Waals surface area contributed by atoms with Crippen LogP contribution < -0.4 is 10.6 Å². The maximum absolute atomic E-state index is 11.7. The minimum atomic E-state index is -0.923. The number of carbonyl (C=O) groups is 2. The Morgan fingerprint density at radius 3 is 2.65 bits per heavy atom. The molecule has 3 N–H and O–H groups in total. The van der Waals surface area contributed by atoms with E-state index in [9.17, 15) is 9.59 Å². The highest BCUT2D eigenvalue weighted by Crippen LogP contribution is 2.25. The molecular formula is C13H16Cl2N2O3. The highest BCUT2D eigenvalue weighted by molar-refractivity contribution is 6.35. The standard InChI is InChI=1S/C13H16Cl2N2O3/c1-2-3-8(12(18)19)7-16-13(20)17-11-6-9(14)4-5-10(11)15/h4-6,8H,2-3,7H2,1H3,(H,18,19)(H2,16,17,20). The van der Waals surface area contributed by atoms with E-state index in [4.69, 9.17) is 28.3 Å². The van der Waals surface area contributed by atoms with Crippen molar-refractivity contribution in [2.75, 3.05) is 11.9 Å². The summed E-state index contributed by atoms with van der Waals surface area (Å²) in [6, 6.07) is 4.17. The van der Waals surface area contributed by atoms with E-state index in [0.717, 1.165) is 6.42 Å². The Kier molecular flexibility index (Phi) is 6.61. The fraction of sp³-hybridized carbons (Fsp3) is 0.385. The Labute approximate surface area is 127 Å². The van der Waals surface area contributed by atoms with Crippen molar-refractivity contribution in [3.8, 4) is 0 Å². The van der Waals surface area contributed by atoms with Gasteiger partial charge in [0.25, 0.3) is 0 Å². The number of hydrogen-bond donors (Lipinski definition) is 3. The first-order valence-corrected chi connectivity index (χ1v) is 6.92. The lowest BCUT2D eigenvalue weighted by atomic mass is 10.0. The van der Waals surface area contributed by atoms with Crippen molar-refractivity contribution in [1.29, 1.82) is 0 Å². The van der Waals surface area contributed by atoms with Crippen LogP contribution in [0.15, 0.2) is 18.2 Å². The fourth-order valence-electron chi connectivity index (χ4n) is 1.64. The molecule has 0 aliphatic heterocycles. The van der Waals surface area contributed by atoms with Crippen LogP contribution in [0.2, 0.25) is 10.0 Å². The van der Waals surface area contributed by atoms with Crippen molar-refractivity contribution >= 4 is 40.9 Å². The highest BCUT2D eigenvalue weighted by Gasteiger charge is 2.17. The number of rotatable bonds is 6. The van der Waals surface area contributed by atoms with E-state index in [1.807, 2.05) is 6.92 Å². The molecule has 0 radical (unpaired) electrons. The molecule has 0 bridgehead atoms. The van der Waals surface area contributed by atoms with Gasteiger partial charge < -0.3 is 15.7 Å². The van der Waals surface area contributed by atoms with Gasteiger partial charge in [0.05, 0.1) is 16.6 Å². The number of carboxylic acids is 1. The molecule has 1 aromatic rings. The first kappa shape index (κ1) is 16.6. The third-order valence-corrected chi connectivity index (χ3v) is 3.24. The van der Waals surface area contributed by atoms with Crippen molar-refractivity contribution < 1.29 is 14.7 Å². The zero-order chi connectivity index (χ0) is 15.1. The van der Waals surface area contributed by atoms with Crippen LogP contribution in [0, 0.1) is 5.92 Å². The molecule has 7 heteroatoms. The zero-order valence-electron chi connectivity index (χ0n) is 11.0. The Balaban J connectivity index is 2.55. The van der Waals surface area contributed by atoms with E-state index in [1.54, 1.807) is 12.1 Å². The molecule has 0 spiro atoms. The number of hydrogen-bond acceptors (Lipinski definition) is 2. The number of aliphatic carboxylic acids is 1. The third-order valence-electron chi connectivity index (χ3n) is 2.67. The topological polar surface area (TPSA) is 78.4 Å². The molecule has 1 unspecified atom stereocenters. The summed E-state index contributed by atoms with van der Waals surface area (Å²) in [6.07, 6.45) is 1.24. The summed E-state index contributed by atoms with van der Waals surface area (Å²) in [7, 11) is 0. The molecule has 0 aliphatic rings. The Hall–Kier alpha value is -1.46. The molecule has 1 rings (SSSR count). The predicted molar refractivity (Wildman–Crippen MR) is 79.5 cm³/mol. The number of amides is 2. The van der Waals surface area contributed by atoms with E-state index < -0.39 is 17.9 Å². The number of carbonyl (C=O) groups excluding carboxylic acids is 1. The molecule has 0 saturated carbocycles. The summed E-state index contributed by atoms with van der Waals surface area (Å²) in [5.74, 6) is -1.52.